The van der Waals surface area contributed by atoms with Crippen molar-refractivity contribution < 1.29 is 4.39 Å². The summed E-state index contributed by atoms with van der Waals surface area (Å²) in [6, 6.07) is 12.6. The summed E-state index contributed by atoms with van der Waals surface area (Å²) in [6.45, 7) is 3.18. The van der Waals surface area contributed by atoms with Crippen molar-refractivity contribution in [3.63, 3.8) is 0 Å². The average Bonchev–Trinajstić information content (AvgIpc) is 2.46. The summed E-state index contributed by atoms with van der Waals surface area (Å²) in [5.74, 6) is -0.220. The molecule has 1 atom stereocenters. The lowest BCUT2D eigenvalue weighted by molar-refractivity contribution is 0.241. The third kappa shape index (κ3) is 4.03. The molecule has 2 nitrogen and oxygen atoms in total. The highest BCUT2D eigenvalue weighted by atomic mass is 35.5. The molecule has 2 aromatic carbocycles. The molecule has 0 saturated carbocycles. The Kier molecular flexibility index (Phi) is 5.34. The van der Waals surface area contributed by atoms with Gasteiger partial charge < -0.3 is 5.73 Å². The number of rotatable bonds is 5. The summed E-state index contributed by atoms with van der Waals surface area (Å²) >= 11 is 6.20. The minimum atomic E-state index is -0.220. The van der Waals surface area contributed by atoms with E-state index in [1.165, 1.54) is 12.1 Å². The Balaban J connectivity index is 2.15. The molecule has 1 unspecified atom stereocenters. The summed E-state index contributed by atoms with van der Waals surface area (Å²) in [4.78, 5) is 2.15. The van der Waals surface area contributed by atoms with Crippen LogP contribution >= 0.6 is 11.6 Å². The fraction of sp³-hybridized carbons (Fsp3) is 0.294. The quantitative estimate of drug-likeness (QED) is 0.907. The van der Waals surface area contributed by atoms with E-state index in [0.717, 1.165) is 21.7 Å². The molecule has 0 heterocycles. The molecule has 2 N–H and O–H groups in total. The molecule has 0 radical (unpaired) electrons. The van der Waals surface area contributed by atoms with Gasteiger partial charge in [0.05, 0.1) is 0 Å². The third-order valence-electron chi connectivity index (χ3n) is 3.68. The summed E-state index contributed by atoms with van der Waals surface area (Å²) in [5.41, 5.74) is 9.13. The van der Waals surface area contributed by atoms with Gasteiger partial charge >= 0.3 is 0 Å². The van der Waals surface area contributed by atoms with Gasteiger partial charge in [-0.25, -0.2) is 4.39 Å². The lowest BCUT2D eigenvalue weighted by atomic mass is 10.0. The van der Waals surface area contributed by atoms with E-state index in [0.29, 0.717) is 13.1 Å². The second kappa shape index (κ2) is 7.03. The zero-order chi connectivity index (χ0) is 15.4. The van der Waals surface area contributed by atoms with Crippen LogP contribution in [0.1, 0.15) is 22.7 Å². The van der Waals surface area contributed by atoms with Gasteiger partial charge in [0.15, 0.2) is 0 Å². The molecule has 2 rings (SSSR count). The van der Waals surface area contributed by atoms with E-state index in [1.807, 2.05) is 26.1 Å². The molecule has 0 aliphatic rings. The van der Waals surface area contributed by atoms with Crippen LogP contribution in [0.25, 0.3) is 0 Å². The summed E-state index contributed by atoms with van der Waals surface area (Å²) < 4.78 is 12.9. The fourth-order valence-electron chi connectivity index (χ4n) is 2.37. The number of aryl methyl sites for hydroxylation is 1. The molecular formula is C17H20ClFN2. The number of halogens is 2. The van der Waals surface area contributed by atoms with E-state index in [2.05, 4.69) is 11.0 Å². The number of hydrogen-bond donors (Lipinski definition) is 1. The van der Waals surface area contributed by atoms with Crippen molar-refractivity contribution in [3.05, 3.63) is 70.0 Å². The predicted molar refractivity (Wildman–Crippen MR) is 85.9 cm³/mol. The minimum Gasteiger partial charge on any atom is -0.329 e. The second-order valence-corrected chi connectivity index (χ2v) is 5.71. The maximum absolute atomic E-state index is 12.9. The van der Waals surface area contributed by atoms with Gasteiger partial charge in [-0.2, -0.15) is 0 Å². The summed E-state index contributed by atoms with van der Waals surface area (Å²) in [7, 11) is 2.01. The molecule has 4 heteroatoms. The highest BCUT2D eigenvalue weighted by molar-refractivity contribution is 6.31. The normalized spacial score (nSPS) is 12.7. The van der Waals surface area contributed by atoms with Crippen molar-refractivity contribution in [3.8, 4) is 0 Å². The maximum atomic E-state index is 12.9. The molecule has 0 aromatic heterocycles. The first kappa shape index (κ1) is 16.0. The van der Waals surface area contributed by atoms with Crippen molar-refractivity contribution in [2.75, 3.05) is 13.6 Å². The van der Waals surface area contributed by atoms with Crippen LogP contribution in [0.2, 0.25) is 5.02 Å². The van der Waals surface area contributed by atoms with Crippen LogP contribution in [0.15, 0.2) is 42.5 Å². The van der Waals surface area contributed by atoms with Crippen LogP contribution in [0, 0.1) is 12.7 Å². The van der Waals surface area contributed by atoms with Crippen molar-refractivity contribution in [1.29, 1.82) is 0 Å². The highest BCUT2D eigenvalue weighted by Crippen LogP contribution is 2.25. The van der Waals surface area contributed by atoms with Gasteiger partial charge in [0.2, 0.25) is 0 Å². The molecule has 0 bridgehead atoms. The van der Waals surface area contributed by atoms with Crippen LogP contribution in [0.5, 0.6) is 0 Å². The van der Waals surface area contributed by atoms with Gasteiger partial charge in [0, 0.05) is 24.2 Å². The average molecular weight is 307 g/mol. The van der Waals surface area contributed by atoms with Crippen LogP contribution < -0.4 is 5.73 Å². The van der Waals surface area contributed by atoms with Crippen LogP contribution in [-0.4, -0.2) is 18.5 Å². The monoisotopic (exact) mass is 306 g/mol. The summed E-state index contributed by atoms with van der Waals surface area (Å²) in [6.07, 6.45) is 0. The third-order valence-corrected chi connectivity index (χ3v) is 4.09. The van der Waals surface area contributed by atoms with Gasteiger partial charge in [-0.05, 0) is 48.9 Å². The second-order valence-electron chi connectivity index (χ2n) is 5.30. The van der Waals surface area contributed by atoms with Gasteiger partial charge in [0.25, 0.3) is 0 Å². The topological polar surface area (TPSA) is 29.3 Å². The molecule has 0 aliphatic heterocycles. The summed E-state index contributed by atoms with van der Waals surface area (Å²) in [5, 5.41) is 0.751. The Bertz CT molecular complexity index is 598. The lowest BCUT2D eigenvalue weighted by Crippen LogP contribution is -2.30. The number of likely N-dealkylation sites (N-methyl/N-ethyl adjacent to an activating group) is 1. The Labute approximate surface area is 130 Å². The number of benzene rings is 2. The molecular weight excluding hydrogens is 287 g/mol. The number of nitrogens with two attached hydrogens (primary N) is 1. The Morgan fingerprint density at radius 2 is 1.86 bits per heavy atom. The molecule has 2 aromatic rings. The standard InChI is InChI=1S/C17H20ClFN2/c1-12-3-6-14(9-16(12)18)17(10-20)21(2)11-13-4-7-15(19)8-5-13/h3-9,17H,10-11,20H2,1-2H3. The van der Waals surface area contributed by atoms with Gasteiger partial charge in [-0.1, -0.05) is 35.9 Å². The van der Waals surface area contributed by atoms with E-state index in [9.17, 15) is 4.39 Å². The molecule has 21 heavy (non-hydrogen) atoms. The van der Waals surface area contributed by atoms with Crippen LogP contribution in [0.3, 0.4) is 0 Å². The number of nitrogens with zero attached hydrogens (tertiary/aromatic N) is 1. The zero-order valence-electron chi connectivity index (χ0n) is 12.3. The molecule has 0 spiro atoms. The van der Waals surface area contributed by atoms with Gasteiger partial charge in [-0.3, -0.25) is 4.90 Å². The van der Waals surface area contributed by atoms with Crippen molar-refractivity contribution in [2.24, 2.45) is 5.73 Å². The van der Waals surface area contributed by atoms with E-state index < -0.39 is 0 Å². The first-order valence-electron chi connectivity index (χ1n) is 6.92. The Morgan fingerprint density at radius 3 is 2.43 bits per heavy atom. The smallest absolute Gasteiger partial charge is 0.123 e. The molecule has 0 fully saturated rings. The SMILES string of the molecule is Cc1ccc(C(CN)N(C)Cc2ccc(F)cc2)cc1Cl. The first-order valence-corrected chi connectivity index (χ1v) is 7.30. The molecule has 0 saturated heterocycles. The van der Waals surface area contributed by atoms with Gasteiger partial charge in [-0.15, -0.1) is 0 Å². The van der Waals surface area contributed by atoms with Crippen molar-refractivity contribution in [1.82, 2.24) is 4.90 Å². The predicted octanol–water partition coefficient (Wildman–Crippen LogP) is 3.92. The van der Waals surface area contributed by atoms with Crippen molar-refractivity contribution >= 4 is 11.6 Å². The van der Waals surface area contributed by atoms with E-state index in [1.54, 1.807) is 12.1 Å². The maximum Gasteiger partial charge on any atom is 0.123 e. The highest BCUT2D eigenvalue weighted by Gasteiger charge is 2.16. The van der Waals surface area contributed by atoms with E-state index in [4.69, 9.17) is 17.3 Å². The largest absolute Gasteiger partial charge is 0.329 e. The minimum absolute atomic E-state index is 0.0770. The molecule has 0 aliphatic carbocycles. The zero-order valence-corrected chi connectivity index (χ0v) is 13.1. The molecule has 112 valence electrons. The molecule has 0 amide bonds. The fourth-order valence-corrected chi connectivity index (χ4v) is 2.56. The van der Waals surface area contributed by atoms with E-state index >= 15 is 0 Å². The van der Waals surface area contributed by atoms with Crippen molar-refractivity contribution in [2.45, 2.75) is 19.5 Å². The lowest BCUT2D eigenvalue weighted by Gasteiger charge is -2.27. The van der Waals surface area contributed by atoms with Gasteiger partial charge in [0.1, 0.15) is 5.82 Å². The Hall–Kier alpha value is -1.42. The number of hydrogen-bond acceptors (Lipinski definition) is 2. The Morgan fingerprint density at radius 1 is 1.19 bits per heavy atom. The van der Waals surface area contributed by atoms with Crippen LogP contribution in [-0.2, 0) is 6.54 Å². The van der Waals surface area contributed by atoms with Crippen LogP contribution in [0.4, 0.5) is 4.39 Å². The first-order chi connectivity index (χ1) is 10.0. The van der Waals surface area contributed by atoms with E-state index in [-0.39, 0.29) is 11.9 Å².